The van der Waals surface area contributed by atoms with Gasteiger partial charge in [0.15, 0.2) is 6.23 Å². The second kappa shape index (κ2) is 6.12. The minimum absolute atomic E-state index is 0.0595. The molecule has 0 aromatic heterocycles. The highest BCUT2D eigenvalue weighted by Gasteiger charge is 2.41. The van der Waals surface area contributed by atoms with Crippen LogP contribution in [-0.4, -0.2) is 17.4 Å². The minimum Gasteiger partial charge on any atom is -0.394 e. The molecule has 4 nitrogen and oxygen atoms in total. The average Bonchev–Trinajstić information content (AvgIpc) is 3.16. The molecule has 1 aromatic rings. The molecule has 2 unspecified atom stereocenters. The Bertz CT molecular complexity index is 474. The molecule has 0 aliphatic carbocycles. The standard InChI is InChI=1S/C14H18N2O2S/c1-9(2)19-8-11(15)13(17)16-14-12(18-14)10-6-4-3-5-7-10/h3-9,12,14H,15H2,1-2H3,(H,16,17)/b11-8-. The van der Waals surface area contributed by atoms with Crippen molar-refractivity contribution in [2.45, 2.75) is 31.4 Å². The van der Waals surface area contributed by atoms with E-state index >= 15 is 0 Å². The number of ether oxygens (including phenoxy) is 1. The third-order valence-corrected chi connectivity index (χ3v) is 3.56. The van der Waals surface area contributed by atoms with Gasteiger partial charge in [-0.1, -0.05) is 44.2 Å². The van der Waals surface area contributed by atoms with Gasteiger partial charge in [0.05, 0.1) is 0 Å². The summed E-state index contributed by atoms with van der Waals surface area (Å²) in [5.74, 6) is -0.281. The van der Waals surface area contributed by atoms with Crippen molar-refractivity contribution in [3.8, 4) is 0 Å². The zero-order valence-corrected chi connectivity index (χ0v) is 11.8. The summed E-state index contributed by atoms with van der Waals surface area (Å²) in [6.45, 7) is 4.09. The molecule has 102 valence electrons. The third kappa shape index (κ3) is 4.01. The Balaban J connectivity index is 1.84. The van der Waals surface area contributed by atoms with E-state index in [1.807, 2.05) is 44.2 Å². The fourth-order valence-electron chi connectivity index (χ4n) is 1.59. The van der Waals surface area contributed by atoms with Crippen LogP contribution in [0.1, 0.15) is 25.5 Å². The number of nitrogens with one attached hydrogen (secondary N) is 1. The van der Waals surface area contributed by atoms with Gasteiger partial charge in [0.1, 0.15) is 11.8 Å². The molecule has 1 amide bonds. The SMILES string of the molecule is CC(C)S/C=C(\N)C(=O)NC1OC1c1ccccc1. The molecule has 0 bridgehead atoms. The van der Waals surface area contributed by atoms with Gasteiger partial charge in [-0.2, -0.15) is 0 Å². The molecule has 1 aliphatic heterocycles. The summed E-state index contributed by atoms with van der Waals surface area (Å²) >= 11 is 1.52. The van der Waals surface area contributed by atoms with E-state index in [1.165, 1.54) is 11.8 Å². The van der Waals surface area contributed by atoms with Gasteiger partial charge in [0, 0.05) is 5.25 Å². The smallest absolute Gasteiger partial charge is 0.269 e. The number of epoxide rings is 1. The Morgan fingerprint density at radius 2 is 2.11 bits per heavy atom. The topological polar surface area (TPSA) is 67.7 Å². The average molecular weight is 278 g/mol. The van der Waals surface area contributed by atoms with E-state index in [1.54, 1.807) is 5.41 Å². The summed E-state index contributed by atoms with van der Waals surface area (Å²) in [6.07, 6.45) is -0.332. The molecular formula is C14H18N2O2S. The number of hydrogen-bond acceptors (Lipinski definition) is 4. The van der Waals surface area contributed by atoms with E-state index in [4.69, 9.17) is 10.5 Å². The van der Waals surface area contributed by atoms with Gasteiger partial charge in [-0.05, 0) is 11.0 Å². The maximum Gasteiger partial charge on any atom is 0.269 e. The minimum atomic E-state index is -0.281. The van der Waals surface area contributed by atoms with Gasteiger partial charge in [0.25, 0.3) is 5.91 Å². The number of nitrogens with two attached hydrogens (primary N) is 1. The first kappa shape index (κ1) is 14.0. The van der Waals surface area contributed by atoms with Crippen LogP contribution in [0.3, 0.4) is 0 Å². The van der Waals surface area contributed by atoms with E-state index in [0.29, 0.717) is 5.25 Å². The molecule has 1 fully saturated rings. The lowest BCUT2D eigenvalue weighted by Gasteiger charge is -2.03. The summed E-state index contributed by atoms with van der Waals surface area (Å²) in [4.78, 5) is 11.8. The molecule has 2 rings (SSSR count). The molecule has 0 radical (unpaired) electrons. The van der Waals surface area contributed by atoms with Crippen LogP contribution >= 0.6 is 11.8 Å². The Kier molecular flexibility index (Phi) is 4.50. The van der Waals surface area contributed by atoms with Gasteiger partial charge in [-0.25, -0.2) is 0 Å². The van der Waals surface area contributed by atoms with Crippen molar-refractivity contribution in [2.24, 2.45) is 5.73 Å². The van der Waals surface area contributed by atoms with Crippen molar-refractivity contribution < 1.29 is 9.53 Å². The maximum absolute atomic E-state index is 11.8. The van der Waals surface area contributed by atoms with Crippen LogP contribution in [0.2, 0.25) is 0 Å². The fraction of sp³-hybridized carbons (Fsp3) is 0.357. The fourth-order valence-corrected chi connectivity index (χ4v) is 2.12. The van der Waals surface area contributed by atoms with E-state index in [-0.39, 0.29) is 23.9 Å². The third-order valence-electron chi connectivity index (χ3n) is 2.62. The number of amides is 1. The lowest BCUT2D eigenvalue weighted by molar-refractivity contribution is -0.118. The zero-order chi connectivity index (χ0) is 13.8. The van der Waals surface area contributed by atoms with E-state index < -0.39 is 0 Å². The highest BCUT2D eigenvalue weighted by atomic mass is 32.2. The van der Waals surface area contributed by atoms with Crippen molar-refractivity contribution in [2.75, 3.05) is 0 Å². The highest BCUT2D eigenvalue weighted by Crippen LogP contribution is 2.36. The van der Waals surface area contributed by atoms with E-state index in [0.717, 1.165) is 5.56 Å². The van der Waals surface area contributed by atoms with Crippen LogP contribution in [0.4, 0.5) is 0 Å². The number of benzene rings is 1. The number of carbonyl (C=O) groups excluding carboxylic acids is 1. The normalized spacial score (nSPS) is 22.4. The summed E-state index contributed by atoms with van der Waals surface area (Å²) in [5, 5.41) is 4.84. The Labute approximate surface area is 117 Å². The lowest BCUT2D eigenvalue weighted by Crippen LogP contribution is -2.31. The lowest BCUT2D eigenvalue weighted by atomic mass is 10.1. The van der Waals surface area contributed by atoms with Gasteiger partial charge >= 0.3 is 0 Å². The molecule has 1 saturated heterocycles. The number of hydrogen-bond donors (Lipinski definition) is 2. The monoisotopic (exact) mass is 278 g/mol. The molecule has 19 heavy (non-hydrogen) atoms. The second-order valence-corrected chi connectivity index (χ2v) is 6.07. The molecule has 1 heterocycles. The quantitative estimate of drug-likeness (QED) is 0.639. The maximum atomic E-state index is 11.8. The molecule has 1 aromatic carbocycles. The summed E-state index contributed by atoms with van der Waals surface area (Å²) < 4.78 is 5.43. The van der Waals surface area contributed by atoms with Crippen LogP contribution in [-0.2, 0) is 9.53 Å². The summed E-state index contributed by atoms with van der Waals surface area (Å²) in [6, 6.07) is 9.80. The predicted octanol–water partition coefficient (Wildman–Crippen LogP) is 2.14. The van der Waals surface area contributed by atoms with Crippen LogP contribution in [0.25, 0.3) is 0 Å². The molecule has 0 saturated carbocycles. The number of thioether (sulfide) groups is 1. The molecule has 2 atom stereocenters. The van der Waals surface area contributed by atoms with Gasteiger partial charge < -0.3 is 15.8 Å². The second-order valence-electron chi connectivity index (χ2n) is 4.62. The molecule has 3 N–H and O–H groups in total. The van der Waals surface area contributed by atoms with Crippen molar-refractivity contribution in [1.82, 2.24) is 5.32 Å². The van der Waals surface area contributed by atoms with Crippen molar-refractivity contribution >= 4 is 17.7 Å². The Morgan fingerprint density at radius 3 is 2.74 bits per heavy atom. The van der Waals surface area contributed by atoms with Crippen molar-refractivity contribution in [3.63, 3.8) is 0 Å². The number of rotatable bonds is 5. The van der Waals surface area contributed by atoms with Crippen molar-refractivity contribution in [1.29, 1.82) is 0 Å². The molecule has 0 spiro atoms. The van der Waals surface area contributed by atoms with Crippen LogP contribution in [0.15, 0.2) is 41.4 Å². The van der Waals surface area contributed by atoms with E-state index in [2.05, 4.69) is 5.32 Å². The highest BCUT2D eigenvalue weighted by molar-refractivity contribution is 8.02. The number of carbonyl (C=O) groups is 1. The molecule has 1 aliphatic rings. The summed E-state index contributed by atoms with van der Waals surface area (Å²) in [5.41, 5.74) is 6.98. The first-order valence-electron chi connectivity index (χ1n) is 6.20. The van der Waals surface area contributed by atoms with Gasteiger partial charge in [-0.15, -0.1) is 11.8 Å². The van der Waals surface area contributed by atoms with Crippen LogP contribution < -0.4 is 11.1 Å². The Morgan fingerprint density at radius 1 is 1.42 bits per heavy atom. The first-order valence-corrected chi connectivity index (χ1v) is 7.14. The van der Waals surface area contributed by atoms with Gasteiger partial charge in [0.2, 0.25) is 0 Å². The Hall–Kier alpha value is -1.46. The largest absolute Gasteiger partial charge is 0.394 e. The molecular weight excluding hydrogens is 260 g/mol. The summed E-state index contributed by atoms with van der Waals surface area (Å²) in [7, 11) is 0. The van der Waals surface area contributed by atoms with E-state index in [9.17, 15) is 4.79 Å². The zero-order valence-electron chi connectivity index (χ0n) is 11.0. The first-order chi connectivity index (χ1) is 9.08. The molecule has 5 heteroatoms. The van der Waals surface area contributed by atoms with Crippen LogP contribution in [0.5, 0.6) is 0 Å². The predicted molar refractivity (Wildman–Crippen MR) is 77.2 cm³/mol. The van der Waals surface area contributed by atoms with Gasteiger partial charge in [-0.3, -0.25) is 4.79 Å². The van der Waals surface area contributed by atoms with Crippen LogP contribution in [0, 0.1) is 0 Å². The van der Waals surface area contributed by atoms with Crippen molar-refractivity contribution in [3.05, 3.63) is 47.0 Å².